The van der Waals surface area contributed by atoms with Crippen molar-refractivity contribution in [2.75, 3.05) is 23.9 Å². The average Bonchev–Trinajstić information content (AvgIpc) is 2.61. The number of carbonyl (C=O) groups is 2. The van der Waals surface area contributed by atoms with Gasteiger partial charge in [-0.2, -0.15) is 13.2 Å². The van der Waals surface area contributed by atoms with Crippen molar-refractivity contribution in [1.29, 1.82) is 0 Å². The molecule has 8 heteroatoms. The van der Waals surface area contributed by atoms with E-state index < -0.39 is 17.8 Å². The minimum Gasteiger partial charge on any atom is -0.449 e. The van der Waals surface area contributed by atoms with Crippen molar-refractivity contribution in [3.05, 3.63) is 59.7 Å². The van der Waals surface area contributed by atoms with Gasteiger partial charge in [-0.3, -0.25) is 9.69 Å². The van der Waals surface area contributed by atoms with Crippen LogP contribution in [0.1, 0.15) is 18.1 Å². The number of rotatable bonds is 5. The number of nitrogens with one attached hydrogen (secondary N) is 1. The topological polar surface area (TPSA) is 58.6 Å². The molecule has 1 N–H and O–H groups in total. The first-order valence-electron chi connectivity index (χ1n) is 8.17. The Balaban J connectivity index is 1.95. The van der Waals surface area contributed by atoms with E-state index in [1.54, 1.807) is 38.2 Å². The summed E-state index contributed by atoms with van der Waals surface area (Å²) in [6, 6.07) is 11.0. The number of halogens is 3. The number of benzene rings is 2. The molecule has 5 nitrogen and oxygen atoms in total. The SMILES string of the molecule is CCOC(=O)N(C)c1ccc(NC(=O)Cc2ccc(C(F)(F)F)cc2)cc1. The Labute approximate surface area is 154 Å². The highest BCUT2D eigenvalue weighted by Crippen LogP contribution is 2.29. The minimum absolute atomic E-state index is 0.0530. The van der Waals surface area contributed by atoms with Crippen LogP contribution in [0.2, 0.25) is 0 Å². The second-order valence-electron chi connectivity index (χ2n) is 5.72. The monoisotopic (exact) mass is 380 g/mol. The van der Waals surface area contributed by atoms with E-state index in [4.69, 9.17) is 4.74 Å². The number of amides is 2. The maximum Gasteiger partial charge on any atom is 0.416 e. The van der Waals surface area contributed by atoms with Gasteiger partial charge in [-0.25, -0.2) is 4.79 Å². The fourth-order valence-electron chi connectivity index (χ4n) is 2.30. The lowest BCUT2D eigenvalue weighted by Crippen LogP contribution is -2.26. The van der Waals surface area contributed by atoms with Crippen LogP contribution in [0.25, 0.3) is 0 Å². The third-order valence-electron chi connectivity index (χ3n) is 3.73. The van der Waals surface area contributed by atoms with Gasteiger partial charge in [0.1, 0.15) is 0 Å². The Hall–Kier alpha value is -3.03. The third kappa shape index (κ3) is 5.73. The zero-order valence-corrected chi connectivity index (χ0v) is 14.8. The molecule has 0 heterocycles. The van der Waals surface area contributed by atoms with Gasteiger partial charge in [-0.05, 0) is 48.9 Å². The molecular weight excluding hydrogens is 361 g/mol. The number of hydrogen-bond donors (Lipinski definition) is 1. The van der Waals surface area contributed by atoms with E-state index in [2.05, 4.69) is 5.32 Å². The van der Waals surface area contributed by atoms with Crippen LogP contribution in [0.3, 0.4) is 0 Å². The standard InChI is InChI=1S/C19H19F3N2O3/c1-3-27-18(26)24(2)16-10-8-15(9-11-16)23-17(25)12-13-4-6-14(7-5-13)19(20,21)22/h4-11H,3,12H2,1-2H3,(H,23,25). The molecule has 2 aromatic rings. The maximum atomic E-state index is 12.5. The van der Waals surface area contributed by atoms with Gasteiger partial charge >= 0.3 is 12.3 Å². The molecule has 2 rings (SSSR count). The first-order valence-corrected chi connectivity index (χ1v) is 8.17. The van der Waals surface area contributed by atoms with Gasteiger partial charge in [0.15, 0.2) is 0 Å². The molecule has 0 aromatic heterocycles. The fraction of sp³-hybridized carbons (Fsp3) is 0.263. The molecule has 0 unspecified atom stereocenters. The smallest absolute Gasteiger partial charge is 0.416 e. The van der Waals surface area contributed by atoms with Gasteiger partial charge in [0.2, 0.25) is 5.91 Å². The van der Waals surface area contributed by atoms with E-state index in [0.29, 0.717) is 16.9 Å². The summed E-state index contributed by atoms with van der Waals surface area (Å²) in [5.74, 6) is -0.360. The molecule has 2 amide bonds. The molecule has 0 saturated heterocycles. The summed E-state index contributed by atoms with van der Waals surface area (Å²) < 4.78 is 42.5. The number of anilines is 2. The van der Waals surface area contributed by atoms with Crippen LogP contribution < -0.4 is 10.2 Å². The van der Waals surface area contributed by atoms with Crippen LogP contribution in [0.4, 0.5) is 29.3 Å². The van der Waals surface area contributed by atoms with E-state index in [1.807, 2.05) is 0 Å². The van der Waals surface area contributed by atoms with E-state index in [-0.39, 0.29) is 18.9 Å². The van der Waals surface area contributed by atoms with Crippen LogP contribution in [0.15, 0.2) is 48.5 Å². The van der Waals surface area contributed by atoms with Gasteiger partial charge < -0.3 is 10.1 Å². The highest BCUT2D eigenvalue weighted by atomic mass is 19.4. The molecule has 0 aliphatic rings. The summed E-state index contributed by atoms with van der Waals surface area (Å²) >= 11 is 0. The van der Waals surface area contributed by atoms with Crippen molar-refractivity contribution in [2.24, 2.45) is 0 Å². The van der Waals surface area contributed by atoms with Crippen molar-refractivity contribution in [1.82, 2.24) is 0 Å². The second kappa shape index (κ2) is 8.57. The highest BCUT2D eigenvalue weighted by molar-refractivity contribution is 5.93. The zero-order chi connectivity index (χ0) is 20.0. The third-order valence-corrected chi connectivity index (χ3v) is 3.73. The second-order valence-corrected chi connectivity index (χ2v) is 5.72. The highest BCUT2D eigenvalue weighted by Gasteiger charge is 2.29. The van der Waals surface area contributed by atoms with Crippen molar-refractivity contribution < 1.29 is 27.5 Å². The fourth-order valence-corrected chi connectivity index (χ4v) is 2.30. The van der Waals surface area contributed by atoms with Crippen LogP contribution in [-0.4, -0.2) is 25.7 Å². The summed E-state index contributed by atoms with van der Waals surface area (Å²) in [4.78, 5) is 25.0. The van der Waals surface area contributed by atoms with Gasteiger partial charge in [-0.1, -0.05) is 12.1 Å². The molecule has 0 spiro atoms. The molecule has 0 fully saturated rings. The predicted molar refractivity (Wildman–Crippen MR) is 95.6 cm³/mol. The van der Waals surface area contributed by atoms with Crippen LogP contribution in [0.5, 0.6) is 0 Å². The normalized spacial score (nSPS) is 11.0. The molecule has 0 radical (unpaired) electrons. The number of carbonyl (C=O) groups excluding carboxylic acids is 2. The Morgan fingerprint density at radius 3 is 2.15 bits per heavy atom. The van der Waals surface area contributed by atoms with Crippen LogP contribution in [-0.2, 0) is 22.1 Å². The molecule has 27 heavy (non-hydrogen) atoms. The Bertz CT molecular complexity index is 787. The molecule has 0 aliphatic heterocycles. The lowest BCUT2D eigenvalue weighted by Gasteiger charge is -2.17. The van der Waals surface area contributed by atoms with Crippen LogP contribution in [0, 0.1) is 0 Å². The molecular formula is C19H19F3N2O3. The van der Waals surface area contributed by atoms with E-state index in [1.165, 1.54) is 17.0 Å². The van der Waals surface area contributed by atoms with Crippen molar-refractivity contribution in [2.45, 2.75) is 19.5 Å². The Kier molecular flexibility index (Phi) is 6.44. The summed E-state index contributed by atoms with van der Waals surface area (Å²) in [5, 5.41) is 2.66. The number of nitrogens with zero attached hydrogens (tertiary/aromatic N) is 1. The van der Waals surface area contributed by atoms with Gasteiger partial charge in [0.25, 0.3) is 0 Å². The van der Waals surface area contributed by atoms with Gasteiger partial charge in [0.05, 0.1) is 18.6 Å². The average molecular weight is 380 g/mol. The first kappa shape index (κ1) is 20.3. The number of alkyl halides is 3. The van der Waals surface area contributed by atoms with Crippen molar-refractivity contribution in [3.63, 3.8) is 0 Å². The molecule has 0 saturated carbocycles. The van der Waals surface area contributed by atoms with E-state index in [9.17, 15) is 22.8 Å². The summed E-state index contributed by atoms with van der Waals surface area (Å²) in [6.45, 7) is 1.97. The minimum atomic E-state index is -4.40. The van der Waals surface area contributed by atoms with Gasteiger partial charge in [0, 0.05) is 18.4 Å². The maximum absolute atomic E-state index is 12.5. The Morgan fingerprint density at radius 2 is 1.63 bits per heavy atom. The lowest BCUT2D eigenvalue weighted by atomic mass is 10.1. The zero-order valence-electron chi connectivity index (χ0n) is 14.8. The van der Waals surface area contributed by atoms with E-state index in [0.717, 1.165) is 12.1 Å². The van der Waals surface area contributed by atoms with E-state index >= 15 is 0 Å². The van der Waals surface area contributed by atoms with Crippen molar-refractivity contribution in [3.8, 4) is 0 Å². The summed E-state index contributed by atoms with van der Waals surface area (Å²) in [6.07, 6.45) is -4.95. The predicted octanol–water partition coefficient (Wildman–Crippen LogP) is 4.48. The molecule has 2 aromatic carbocycles. The molecule has 0 bridgehead atoms. The van der Waals surface area contributed by atoms with Crippen molar-refractivity contribution >= 4 is 23.4 Å². The summed E-state index contributed by atoms with van der Waals surface area (Å²) in [5.41, 5.74) is 0.814. The molecule has 144 valence electrons. The van der Waals surface area contributed by atoms with Crippen LogP contribution >= 0.6 is 0 Å². The van der Waals surface area contributed by atoms with Gasteiger partial charge in [-0.15, -0.1) is 0 Å². The quantitative estimate of drug-likeness (QED) is 0.832. The Morgan fingerprint density at radius 1 is 1.04 bits per heavy atom. The summed E-state index contributed by atoms with van der Waals surface area (Å²) in [7, 11) is 1.57. The number of ether oxygens (including phenoxy) is 1. The molecule has 0 atom stereocenters. The largest absolute Gasteiger partial charge is 0.449 e. The lowest BCUT2D eigenvalue weighted by molar-refractivity contribution is -0.137. The molecule has 0 aliphatic carbocycles. The first-order chi connectivity index (χ1) is 12.7. The number of hydrogen-bond acceptors (Lipinski definition) is 3.